The fourth-order valence-electron chi connectivity index (χ4n) is 2.81. The van der Waals surface area contributed by atoms with E-state index in [1.807, 2.05) is 4.68 Å². The number of benzene rings is 1. The maximum Gasteiger partial charge on any atom is 0.422 e. The van der Waals surface area contributed by atoms with Crippen molar-refractivity contribution in [3.8, 4) is 5.75 Å². The fourth-order valence-corrected chi connectivity index (χ4v) is 3.27. The number of alkyl halides is 3. The van der Waals surface area contributed by atoms with Crippen LogP contribution in [0.15, 0.2) is 22.8 Å². The van der Waals surface area contributed by atoms with Gasteiger partial charge in [0.25, 0.3) is 0 Å². The highest BCUT2D eigenvalue weighted by Crippen LogP contribution is 2.34. The van der Waals surface area contributed by atoms with Crippen molar-refractivity contribution in [2.24, 2.45) is 5.92 Å². The van der Waals surface area contributed by atoms with Crippen LogP contribution >= 0.6 is 15.9 Å². The Kier molecular flexibility index (Phi) is 4.82. The van der Waals surface area contributed by atoms with Crippen LogP contribution in [0.2, 0.25) is 0 Å². The summed E-state index contributed by atoms with van der Waals surface area (Å²) < 4.78 is 44.6. The van der Waals surface area contributed by atoms with E-state index in [0.717, 1.165) is 32.5 Å². The Morgan fingerprint density at radius 3 is 2.74 bits per heavy atom. The van der Waals surface area contributed by atoms with Gasteiger partial charge in [0, 0.05) is 12.7 Å². The Hall–Kier alpha value is -1.28. The van der Waals surface area contributed by atoms with Crippen molar-refractivity contribution >= 4 is 26.8 Å². The molecule has 2 aromatic rings. The number of nitrogens with one attached hydrogen (secondary N) is 1. The topological polar surface area (TPSA) is 39.1 Å². The highest BCUT2D eigenvalue weighted by molar-refractivity contribution is 9.10. The van der Waals surface area contributed by atoms with E-state index < -0.39 is 12.8 Å². The molecule has 1 saturated heterocycles. The maximum absolute atomic E-state index is 12.4. The summed E-state index contributed by atoms with van der Waals surface area (Å²) in [6.45, 7) is 1.45. The Bertz CT molecular complexity index is 680. The smallest absolute Gasteiger partial charge is 0.422 e. The second-order valence-electron chi connectivity index (χ2n) is 5.76. The lowest BCUT2D eigenvalue weighted by Crippen LogP contribution is -2.29. The quantitative estimate of drug-likeness (QED) is 0.862. The van der Waals surface area contributed by atoms with E-state index in [2.05, 4.69) is 26.3 Å². The molecular weight excluding hydrogens is 375 g/mol. The van der Waals surface area contributed by atoms with E-state index >= 15 is 0 Å². The van der Waals surface area contributed by atoms with Crippen molar-refractivity contribution in [2.75, 3.05) is 19.7 Å². The van der Waals surface area contributed by atoms with Gasteiger partial charge in [-0.25, -0.2) is 0 Å². The van der Waals surface area contributed by atoms with Gasteiger partial charge < -0.3 is 10.1 Å². The van der Waals surface area contributed by atoms with Gasteiger partial charge >= 0.3 is 6.18 Å². The molecule has 0 bridgehead atoms. The number of nitrogens with zero attached hydrogens (tertiary/aromatic N) is 2. The number of halogens is 4. The molecule has 1 N–H and O–H groups in total. The van der Waals surface area contributed by atoms with E-state index in [0.29, 0.717) is 21.3 Å². The molecule has 126 valence electrons. The molecule has 1 aromatic heterocycles. The second kappa shape index (κ2) is 6.68. The number of hydrogen-bond donors (Lipinski definition) is 1. The van der Waals surface area contributed by atoms with E-state index in [4.69, 9.17) is 4.74 Å². The first kappa shape index (κ1) is 16.6. The van der Waals surface area contributed by atoms with Gasteiger partial charge in [-0.2, -0.15) is 18.3 Å². The average Bonchev–Trinajstić information content (AvgIpc) is 2.89. The zero-order valence-corrected chi connectivity index (χ0v) is 14.0. The van der Waals surface area contributed by atoms with Crippen molar-refractivity contribution < 1.29 is 17.9 Å². The zero-order chi connectivity index (χ0) is 16.4. The zero-order valence-electron chi connectivity index (χ0n) is 12.4. The molecule has 1 fully saturated rings. The first-order chi connectivity index (χ1) is 10.9. The molecule has 0 amide bonds. The maximum atomic E-state index is 12.4. The van der Waals surface area contributed by atoms with Crippen LogP contribution in [0.5, 0.6) is 5.75 Å². The molecule has 1 aliphatic rings. The lowest BCUT2D eigenvalue weighted by atomic mass is 9.98. The molecule has 0 saturated carbocycles. The molecule has 1 aromatic carbocycles. The van der Waals surface area contributed by atoms with Crippen molar-refractivity contribution in [3.63, 3.8) is 0 Å². The molecule has 0 aliphatic carbocycles. The van der Waals surface area contributed by atoms with Crippen molar-refractivity contribution in [3.05, 3.63) is 22.8 Å². The highest BCUT2D eigenvalue weighted by Gasteiger charge is 2.29. The standard InChI is InChI=1S/C15H17BrF3N3O/c16-12-1-2-13-11(14(12)23-9-15(17,18)19)8-22(21-13)7-10-3-5-20-6-4-10/h1-2,8,10,20H,3-7,9H2. The molecule has 8 heteroatoms. The van der Waals surface area contributed by atoms with Gasteiger partial charge in [0.15, 0.2) is 6.61 Å². The normalized spacial score (nSPS) is 16.9. The van der Waals surface area contributed by atoms with Crippen molar-refractivity contribution in [1.29, 1.82) is 0 Å². The average molecular weight is 392 g/mol. The monoisotopic (exact) mass is 391 g/mol. The van der Waals surface area contributed by atoms with Gasteiger partial charge in [-0.3, -0.25) is 4.68 Å². The molecule has 0 radical (unpaired) electrons. The summed E-state index contributed by atoms with van der Waals surface area (Å²) in [5.41, 5.74) is 0.638. The number of piperidine rings is 1. The van der Waals surface area contributed by atoms with Crippen molar-refractivity contribution in [2.45, 2.75) is 25.6 Å². The van der Waals surface area contributed by atoms with E-state index in [1.165, 1.54) is 0 Å². The first-order valence-corrected chi connectivity index (χ1v) is 8.27. The van der Waals surface area contributed by atoms with Crippen LogP contribution in [-0.4, -0.2) is 35.7 Å². The van der Waals surface area contributed by atoms with Crippen LogP contribution in [0.4, 0.5) is 13.2 Å². The Morgan fingerprint density at radius 2 is 2.04 bits per heavy atom. The third-order valence-corrected chi connectivity index (χ3v) is 4.55. The van der Waals surface area contributed by atoms with Crippen molar-refractivity contribution in [1.82, 2.24) is 15.1 Å². The molecule has 1 aliphatic heterocycles. The summed E-state index contributed by atoms with van der Waals surface area (Å²) >= 11 is 3.26. The predicted octanol–water partition coefficient (Wildman–Crippen LogP) is 3.74. The van der Waals surface area contributed by atoms with E-state index in [1.54, 1.807) is 18.3 Å². The van der Waals surface area contributed by atoms with Crippen LogP contribution < -0.4 is 10.1 Å². The Balaban J connectivity index is 1.83. The fraction of sp³-hybridized carbons (Fsp3) is 0.533. The molecule has 4 nitrogen and oxygen atoms in total. The van der Waals surface area contributed by atoms with Crippen LogP contribution in [0, 0.1) is 5.92 Å². The van der Waals surface area contributed by atoms with Gasteiger partial charge in [-0.05, 0) is 59.9 Å². The molecule has 0 unspecified atom stereocenters. The third-order valence-electron chi connectivity index (χ3n) is 3.92. The molecule has 0 atom stereocenters. The summed E-state index contributed by atoms with van der Waals surface area (Å²) in [5, 5.41) is 8.37. The number of hydrogen-bond acceptors (Lipinski definition) is 3. The minimum atomic E-state index is -4.37. The number of fused-ring (bicyclic) bond motifs is 1. The van der Waals surface area contributed by atoms with Crippen LogP contribution in [0.3, 0.4) is 0 Å². The van der Waals surface area contributed by atoms with Gasteiger partial charge in [-0.1, -0.05) is 0 Å². The Morgan fingerprint density at radius 1 is 1.30 bits per heavy atom. The molecule has 3 rings (SSSR count). The molecule has 0 spiro atoms. The number of aromatic nitrogens is 2. The lowest BCUT2D eigenvalue weighted by Gasteiger charge is -2.22. The minimum Gasteiger partial charge on any atom is -0.482 e. The number of ether oxygens (including phenoxy) is 1. The Labute approximate surface area is 140 Å². The first-order valence-electron chi connectivity index (χ1n) is 7.48. The van der Waals surface area contributed by atoms with Crippen LogP contribution in [-0.2, 0) is 6.54 Å². The van der Waals surface area contributed by atoms with Gasteiger partial charge in [0.1, 0.15) is 5.75 Å². The summed E-state index contributed by atoms with van der Waals surface area (Å²) in [5.74, 6) is 0.727. The summed E-state index contributed by atoms with van der Waals surface area (Å²) in [6, 6.07) is 3.44. The summed E-state index contributed by atoms with van der Waals surface area (Å²) in [7, 11) is 0. The largest absolute Gasteiger partial charge is 0.482 e. The minimum absolute atomic E-state index is 0.191. The van der Waals surface area contributed by atoms with Gasteiger partial charge in [-0.15, -0.1) is 0 Å². The van der Waals surface area contributed by atoms with Crippen LogP contribution in [0.1, 0.15) is 12.8 Å². The van der Waals surface area contributed by atoms with Crippen LogP contribution in [0.25, 0.3) is 10.9 Å². The predicted molar refractivity (Wildman–Crippen MR) is 84.6 cm³/mol. The second-order valence-corrected chi connectivity index (χ2v) is 6.61. The summed E-state index contributed by atoms with van der Waals surface area (Å²) in [6.07, 6.45) is -0.435. The van der Waals surface area contributed by atoms with Gasteiger partial charge in [0.2, 0.25) is 0 Å². The number of rotatable bonds is 4. The van der Waals surface area contributed by atoms with E-state index in [9.17, 15) is 13.2 Å². The summed E-state index contributed by atoms with van der Waals surface area (Å²) in [4.78, 5) is 0. The van der Waals surface area contributed by atoms with E-state index in [-0.39, 0.29) is 5.75 Å². The lowest BCUT2D eigenvalue weighted by molar-refractivity contribution is -0.153. The molecule has 2 heterocycles. The molecular formula is C15H17BrF3N3O. The van der Waals surface area contributed by atoms with Gasteiger partial charge in [0.05, 0.1) is 15.4 Å². The SMILES string of the molecule is FC(F)(F)COc1c(Br)ccc2nn(CC3CCNCC3)cc12. The molecule has 23 heavy (non-hydrogen) atoms. The highest BCUT2D eigenvalue weighted by atomic mass is 79.9. The third kappa shape index (κ3) is 4.17.